The predicted molar refractivity (Wildman–Crippen MR) is 203 cm³/mol. The van der Waals surface area contributed by atoms with Gasteiger partial charge in [0.25, 0.3) is 0 Å². The van der Waals surface area contributed by atoms with Crippen LogP contribution in [0, 0.1) is 39.0 Å². The molecule has 1 aliphatic carbocycles. The Morgan fingerprint density at radius 1 is 0.912 bits per heavy atom. The van der Waals surface area contributed by atoms with E-state index in [4.69, 9.17) is 0 Å². The van der Waals surface area contributed by atoms with Gasteiger partial charge in [0.15, 0.2) is 0 Å². The maximum absolute atomic E-state index is 14.2. The van der Waals surface area contributed by atoms with Crippen LogP contribution in [0.15, 0.2) is 76.6 Å². The van der Waals surface area contributed by atoms with Crippen molar-refractivity contribution in [1.82, 2.24) is 35.7 Å². The van der Waals surface area contributed by atoms with Crippen LogP contribution < -0.4 is 22.5 Å². The number of rotatable bonds is 8. The quantitative estimate of drug-likeness (QED) is 0.155. The molecule has 6 N–H and O–H groups in total. The molecule has 300 valence electrons. The first-order valence-electron chi connectivity index (χ1n) is 17.6. The van der Waals surface area contributed by atoms with E-state index in [1.54, 1.807) is 51.1 Å². The number of halogens is 3. The summed E-state index contributed by atoms with van der Waals surface area (Å²) in [5, 5.41) is 19.5. The van der Waals surface area contributed by atoms with Crippen LogP contribution in [-0.2, 0) is 27.5 Å². The van der Waals surface area contributed by atoms with Crippen molar-refractivity contribution in [2.45, 2.75) is 83.0 Å². The fraction of sp³-hybridized carbons (Fsp3) is 0.308. The van der Waals surface area contributed by atoms with Gasteiger partial charge in [-0.15, -0.1) is 0 Å². The smallest absolute Gasteiger partial charge is 0.416 e. The first-order chi connectivity index (χ1) is 26.4. The van der Waals surface area contributed by atoms with Gasteiger partial charge < -0.3 is 21.3 Å². The minimum atomic E-state index is -4.75. The third kappa shape index (κ3) is 8.55. The molecule has 0 atom stereocenters. The zero-order valence-corrected chi connectivity index (χ0v) is 32.6. The summed E-state index contributed by atoms with van der Waals surface area (Å²) in [5.74, 6) is -0.362. The van der Waals surface area contributed by atoms with E-state index >= 15 is 0 Å². The molecule has 2 heterocycles. The van der Waals surface area contributed by atoms with Crippen LogP contribution in [0.2, 0.25) is 0 Å². The second-order valence-corrected chi connectivity index (χ2v) is 15.2. The van der Waals surface area contributed by atoms with Crippen molar-refractivity contribution in [3.8, 4) is 28.8 Å². The second kappa shape index (κ2) is 16.2. The molecule has 6 rings (SSSR count). The maximum Gasteiger partial charge on any atom is 0.416 e. The fourth-order valence-electron chi connectivity index (χ4n) is 7.18. The molecule has 2 aromatic heterocycles. The van der Waals surface area contributed by atoms with Gasteiger partial charge in [-0.25, -0.2) is 27.3 Å². The highest BCUT2D eigenvalue weighted by molar-refractivity contribution is 7.85. The molecule has 0 saturated heterocycles. The zero-order valence-electron chi connectivity index (χ0n) is 31.8. The van der Waals surface area contributed by atoms with Crippen molar-refractivity contribution < 1.29 is 35.7 Å². The number of carbonyl (C=O) groups is 2. The van der Waals surface area contributed by atoms with Crippen LogP contribution in [0.25, 0.3) is 22.8 Å². The summed E-state index contributed by atoms with van der Waals surface area (Å²) >= 11 is 0. The van der Waals surface area contributed by atoms with Gasteiger partial charge in [-0.3, -0.25) is 9.36 Å². The van der Waals surface area contributed by atoms with Crippen LogP contribution in [0.1, 0.15) is 64.8 Å². The van der Waals surface area contributed by atoms with Gasteiger partial charge in [0, 0.05) is 12.1 Å². The summed E-state index contributed by atoms with van der Waals surface area (Å²) in [4.78, 5) is 41.0. The Morgan fingerprint density at radius 3 is 2.14 bits per heavy atom. The highest BCUT2D eigenvalue weighted by atomic mass is 32.2. The van der Waals surface area contributed by atoms with E-state index in [0.29, 0.717) is 59.2 Å². The topological polar surface area (TPSA) is 220 Å². The van der Waals surface area contributed by atoms with Gasteiger partial charge in [0.2, 0.25) is 5.91 Å². The average molecular weight is 807 g/mol. The molecule has 18 heteroatoms. The number of hydrogen-bond acceptors (Lipinski definition) is 8. The SMILES string of the molecule is Cc1c(CC(=O)NC2CCC(NC(=O)n3c(-c4ccnn4-c4ccc(C#N)cc4)c(C)n(-c4cccc(C(F)(F)F)c4)c3=O)CC2)cc(S(=O)(=O)[O-])c(C)c1C.[NH4+]. The van der Waals surface area contributed by atoms with Crippen molar-refractivity contribution in [2.24, 2.45) is 0 Å². The molecular weight excluding hydrogens is 766 g/mol. The molecule has 1 aliphatic rings. The van der Waals surface area contributed by atoms with E-state index < -0.39 is 39.6 Å². The van der Waals surface area contributed by atoms with Gasteiger partial charge in [-0.2, -0.15) is 23.5 Å². The number of imidazole rings is 1. The van der Waals surface area contributed by atoms with Crippen LogP contribution in [0.4, 0.5) is 18.0 Å². The number of amides is 2. The first-order valence-corrected chi connectivity index (χ1v) is 19.0. The van der Waals surface area contributed by atoms with Crippen LogP contribution in [0.5, 0.6) is 0 Å². The molecule has 3 aromatic carbocycles. The Morgan fingerprint density at radius 2 is 1.54 bits per heavy atom. The van der Waals surface area contributed by atoms with Crippen molar-refractivity contribution in [1.29, 1.82) is 5.26 Å². The number of nitriles is 1. The van der Waals surface area contributed by atoms with Crippen molar-refractivity contribution >= 4 is 22.1 Å². The standard InChI is InChI=1S/C39H38F3N7O6S.H3N/c1-22-23(2)27(18-34(24(22)3)56(53,54)55)19-35(50)45-29-10-12-30(13-11-29)46-37(51)48-36(33-16-17-44-49(33)31-14-8-26(21-43)9-15-31)25(4)47(38(48)52)32-7-5-6-28(20-32)39(40,41)42;/h5-9,14-18,20,29-30H,10-13,19H2,1-4H3,(H,45,50)(H,46,51)(H,53,54,55);1H3. The lowest BCUT2D eigenvalue weighted by molar-refractivity contribution is -0.137. The molecule has 0 aliphatic heterocycles. The van der Waals surface area contributed by atoms with E-state index in [-0.39, 0.29) is 52.2 Å². The molecule has 0 spiro atoms. The summed E-state index contributed by atoms with van der Waals surface area (Å²) in [7, 11) is -4.75. The number of benzene rings is 3. The first kappa shape index (κ1) is 42.1. The van der Waals surface area contributed by atoms with Crippen molar-refractivity contribution in [3.63, 3.8) is 0 Å². The third-order valence-corrected chi connectivity index (χ3v) is 11.3. The Bertz CT molecular complexity index is 2560. The third-order valence-electron chi connectivity index (χ3n) is 10.4. The zero-order chi connectivity index (χ0) is 40.7. The van der Waals surface area contributed by atoms with Gasteiger partial charge >= 0.3 is 17.9 Å². The fourth-order valence-corrected chi connectivity index (χ4v) is 8.00. The Kier molecular flexibility index (Phi) is 12.0. The second-order valence-electron chi connectivity index (χ2n) is 13.8. The van der Waals surface area contributed by atoms with Crippen LogP contribution in [0.3, 0.4) is 0 Å². The van der Waals surface area contributed by atoms with Crippen molar-refractivity contribution in [2.75, 3.05) is 0 Å². The molecule has 0 radical (unpaired) electrons. The largest absolute Gasteiger partial charge is 0.744 e. The highest BCUT2D eigenvalue weighted by Gasteiger charge is 2.33. The molecule has 5 aromatic rings. The average Bonchev–Trinajstić information content (AvgIpc) is 3.73. The minimum Gasteiger partial charge on any atom is -0.744 e. The molecule has 0 bridgehead atoms. The number of nitrogens with one attached hydrogen (secondary N) is 2. The molecular formula is C39H41F3N8O6S. The van der Waals surface area contributed by atoms with Crippen molar-refractivity contribution in [3.05, 3.63) is 116 Å². The number of alkyl halides is 3. The summed E-state index contributed by atoms with van der Waals surface area (Å²) < 4.78 is 80.1. The molecule has 0 unspecified atom stereocenters. The van der Waals surface area contributed by atoms with E-state index in [2.05, 4.69) is 15.7 Å². The number of carbonyl (C=O) groups excluding carboxylic acids is 2. The number of hydrogen-bond donors (Lipinski definition) is 3. The summed E-state index contributed by atoms with van der Waals surface area (Å²) in [6.45, 7) is 6.52. The highest BCUT2D eigenvalue weighted by Crippen LogP contribution is 2.32. The number of aromatic nitrogens is 4. The predicted octanol–water partition coefficient (Wildman–Crippen LogP) is 6.12. The molecule has 14 nitrogen and oxygen atoms in total. The number of quaternary nitrogens is 1. The summed E-state index contributed by atoms with van der Waals surface area (Å²) in [6.07, 6.45) is -1.63. The van der Waals surface area contributed by atoms with Gasteiger partial charge in [0.05, 0.1) is 57.5 Å². The van der Waals surface area contributed by atoms with E-state index in [0.717, 1.165) is 21.3 Å². The molecule has 1 saturated carbocycles. The van der Waals surface area contributed by atoms with E-state index in [1.807, 2.05) is 6.07 Å². The lowest BCUT2D eigenvalue weighted by Gasteiger charge is -2.30. The lowest BCUT2D eigenvalue weighted by atomic mass is 9.91. The lowest BCUT2D eigenvalue weighted by Crippen LogP contribution is -2.47. The van der Waals surface area contributed by atoms with Gasteiger partial charge in [-0.05, 0) is 130 Å². The summed E-state index contributed by atoms with van der Waals surface area (Å²) in [5.41, 5.74) is 1.55. The Balaban J connectivity index is 0.00000620. The molecule has 57 heavy (non-hydrogen) atoms. The van der Waals surface area contributed by atoms with Gasteiger partial charge in [-0.1, -0.05) is 6.07 Å². The maximum atomic E-state index is 14.2. The van der Waals surface area contributed by atoms with E-state index in [9.17, 15) is 45.8 Å². The van der Waals surface area contributed by atoms with Crippen LogP contribution in [-0.4, -0.2) is 55.9 Å². The Hall–Kier alpha value is -6.03. The molecule has 1 fully saturated rings. The monoisotopic (exact) mass is 806 g/mol. The summed E-state index contributed by atoms with van der Waals surface area (Å²) in [6, 6.07) is 14.0. The van der Waals surface area contributed by atoms with Crippen LogP contribution >= 0.6 is 0 Å². The number of nitrogens with zero attached hydrogens (tertiary/aromatic N) is 5. The Labute approximate surface area is 326 Å². The molecule has 2 amide bonds. The van der Waals surface area contributed by atoms with E-state index in [1.165, 1.54) is 36.0 Å². The van der Waals surface area contributed by atoms with Gasteiger partial charge in [0.1, 0.15) is 15.8 Å². The normalized spacial score (nSPS) is 15.7. The minimum absolute atomic E-state index is 0.